The first kappa shape index (κ1) is 22.7. The Morgan fingerprint density at radius 3 is 2.36 bits per heavy atom. The van der Waals surface area contributed by atoms with Crippen LogP contribution in [0.2, 0.25) is 0 Å². The molecule has 0 aliphatic rings. The molecule has 1 aromatic rings. The first-order valence-corrected chi connectivity index (χ1v) is 7.56. The van der Waals surface area contributed by atoms with Crippen molar-refractivity contribution in [2.24, 2.45) is 0 Å². The third-order valence-electron chi connectivity index (χ3n) is 2.69. The van der Waals surface area contributed by atoms with Crippen molar-refractivity contribution in [3.05, 3.63) is 29.8 Å². The smallest absolute Gasteiger partial charge is 0.413 e. The van der Waals surface area contributed by atoms with Crippen molar-refractivity contribution in [1.29, 1.82) is 0 Å². The molecule has 0 spiro atoms. The molecule has 28 heavy (non-hydrogen) atoms. The fourth-order valence-corrected chi connectivity index (χ4v) is 1.69. The maximum absolute atomic E-state index is 12.5. The van der Waals surface area contributed by atoms with Crippen LogP contribution in [0.25, 0.3) is 6.08 Å². The number of benzene rings is 1. The maximum Gasteiger partial charge on any atom is 0.413 e. The van der Waals surface area contributed by atoms with Crippen molar-refractivity contribution in [1.82, 2.24) is 5.32 Å². The molecule has 12 heteroatoms. The highest BCUT2D eigenvalue weighted by Crippen LogP contribution is 2.28. The third kappa shape index (κ3) is 8.87. The fraction of sp³-hybridized carbons (Fsp3) is 0.312. The molecule has 0 bridgehead atoms. The van der Waals surface area contributed by atoms with Gasteiger partial charge in [-0.05, 0) is 25.1 Å². The molecule has 1 N–H and O–H groups in total. The average Bonchev–Trinajstić information content (AvgIpc) is 2.58. The van der Waals surface area contributed by atoms with Crippen molar-refractivity contribution < 1.29 is 50.9 Å². The minimum absolute atomic E-state index is 0.0335. The van der Waals surface area contributed by atoms with Crippen LogP contribution in [0.4, 0.5) is 22.4 Å². The van der Waals surface area contributed by atoms with Crippen LogP contribution in [0.5, 0.6) is 11.5 Å². The Kier molecular flexibility index (Phi) is 9.27. The van der Waals surface area contributed by atoms with Gasteiger partial charge in [0.15, 0.2) is 6.61 Å². The van der Waals surface area contributed by atoms with Crippen molar-refractivity contribution in [2.75, 3.05) is 13.2 Å². The Balaban J connectivity index is 2.71. The number of hydrogen-bond donors (Lipinski definition) is 1. The van der Waals surface area contributed by atoms with E-state index in [0.717, 1.165) is 30.4 Å². The molecule has 0 heterocycles. The Labute approximate surface area is 156 Å². The van der Waals surface area contributed by atoms with Gasteiger partial charge >= 0.3 is 25.3 Å². The topological polar surface area (TPSA) is 100 Å². The number of nitrogens with one attached hydrogen (secondary N) is 1. The van der Waals surface area contributed by atoms with Crippen LogP contribution >= 0.6 is 0 Å². The van der Waals surface area contributed by atoms with Gasteiger partial charge < -0.3 is 18.9 Å². The van der Waals surface area contributed by atoms with Crippen LogP contribution in [-0.4, -0.2) is 44.4 Å². The number of halogens is 4. The van der Waals surface area contributed by atoms with Crippen LogP contribution < -0.4 is 14.8 Å². The lowest BCUT2D eigenvalue weighted by molar-refractivity contribution is -0.143. The van der Waals surface area contributed by atoms with Crippen molar-refractivity contribution in [3.8, 4) is 11.5 Å². The van der Waals surface area contributed by atoms with Gasteiger partial charge in [-0.1, -0.05) is 0 Å². The van der Waals surface area contributed by atoms with E-state index in [2.05, 4.69) is 18.9 Å². The highest BCUT2D eigenvalue weighted by atomic mass is 19.3. The van der Waals surface area contributed by atoms with E-state index in [4.69, 9.17) is 0 Å². The summed E-state index contributed by atoms with van der Waals surface area (Å²) in [6, 6.07) is 2.92. The summed E-state index contributed by atoms with van der Waals surface area (Å²) in [7, 11) is 0. The molecule has 2 amide bonds. The van der Waals surface area contributed by atoms with E-state index in [1.165, 1.54) is 6.92 Å². The summed E-state index contributed by atoms with van der Waals surface area (Å²) in [4.78, 5) is 33.9. The number of imide groups is 1. The molecule has 0 saturated heterocycles. The summed E-state index contributed by atoms with van der Waals surface area (Å²) in [5, 5.41) is 1.78. The molecule has 0 aliphatic carbocycles. The van der Waals surface area contributed by atoms with Crippen LogP contribution in [0.1, 0.15) is 12.5 Å². The lowest BCUT2D eigenvalue weighted by Crippen LogP contribution is -2.34. The quantitative estimate of drug-likeness (QED) is 0.380. The lowest BCUT2D eigenvalue weighted by Gasteiger charge is -2.11. The minimum atomic E-state index is -3.26. The molecular formula is C16H15F4NO7. The molecule has 0 fully saturated rings. The number of carbonyl (C=O) groups excluding carboxylic acids is 3. The van der Waals surface area contributed by atoms with Crippen molar-refractivity contribution >= 4 is 24.0 Å². The molecule has 8 nitrogen and oxygen atoms in total. The molecule has 1 rings (SSSR count). The van der Waals surface area contributed by atoms with E-state index < -0.39 is 49.3 Å². The number of esters is 1. The minimum Gasteiger partial charge on any atom is -0.452 e. The first-order chi connectivity index (χ1) is 13.2. The Morgan fingerprint density at radius 1 is 1.07 bits per heavy atom. The van der Waals surface area contributed by atoms with E-state index in [1.54, 1.807) is 5.32 Å². The van der Waals surface area contributed by atoms with Gasteiger partial charge in [-0.15, -0.1) is 0 Å². The molecule has 0 radical (unpaired) electrons. The number of alkyl carbamates (subject to hydrolysis) is 1. The number of alkyl halides is 4. The third-order valence-corrected chi connectivity index (χ3v) is 2.69. The van der Waals surface area contributed by atoms with E-state index >= 15 is 0 Å². The van der Waals surface area contributed by atoms with Crippen molar-refractivity contribution in [3.63, 3.8) is 0 Å². The summed E-state index contributed by atoms with van der Waals surface area (Å²) in [5.41, 5.74) is -0.0742. The second-order valence-electron chi connectivity index (χ2n) is 4.67. The monoisotopic (exact) mass is 409 g/mol. The normalized spacial score (nSPS) is 10.8. The first-order valence-electron chi connectivity index (χ1n) is 7.56. The van der Waals surface area contributed by atoms with Gasteiger partial charge in [0.2, 0.25) is 0 Å². The summed E-state index contributed by atoms with van der Waals surface area (Å²) in [6.07, 6.45) is 0.757. The molecular weight excluding hydrogens is 394 g/mol. The molecule has 0 saturated carbocycles. The standard InChI is InChI=1S/C16H15F4NO7/c1-2-25-16(24)21-12(22)8-26-13(23)6-4-9-3-5-10(27-14(17)18)7-11(9)28-15(19)20/h3-7,14-15H,2,8H2,1H3,(H,21,22,24)/b6-4+. The molecule has 0 aromatic heterocycles. The van der Waals surface area contributed by atoms with E-state index in [-0.39, 0.29) is 12.2 Å². The second-order valence-corrected chi connectivity index (χ2v) is 4.67. The van der Waals surface area contributed by atoms with Crippen LogP contribution in [0, 0.1) is 0 Å². The van der Waals surface area contributed by atoms with Gasteiger partial charge in [0, 0.05) is 17.7 Å². The van der Waals surface area contributed by atoms with E-state index in [9.17, 15) is 31.9 Å². The zero-order chi connectivity index (χ0) is 21.1. The number of ether oxygens (including phenoxy) is 4. The maximum atomic E-state index is 12.5. The number of carbonyl (C=O) groups is 3. The van der Waals surface area contributed by atoms with E-state index in [1.807, 2.05) is 0 Å². The summed E-state index contributed by atoms with van der Waals surface area (Å²) in [6.45, 7) is -5.67. The second kappa shape index (κ2) is 11.4. The number of amides is 2. The zero-order valence-corrected chi connectivity index (χ0v) is 14.3. The molecule has 0 atom stereocenters. The predicted molar refractivity (Wildman–Crippen MR) is 84.9 cm³/mol. The largest absolute Gasteiger partial charge is 0.452 e. The number of rotatable bonds is 9. The number of hydrogen-bond acceptors (Lipinski definition) is 7. The van der Waals surface area contributed by atoms with Gasteiger partial charge in [0.05, 0.1) is 6.61 Å². The van der Waals surface area contributed by atoms with Gasteiger partial charge in [0.1, 0.15) is 11.5 Å². The molecule has 154 valence electrons. The fourth-order valence-electron chi connectivity index (χ4n) is 1.69. The highest BCUT2D eigenvalue weighted by Gasteiger charge is 2.13. The highest BCUT2D eigenvalue weighted by molar-refractivity contribution is 5.94. The van der Waals surface area contributed by atoms with Crippen LogP contribution in [0.3, 0.4) is 0 Å². The molecule has 1 aromatic carbocycles. The lowest BCUT2D eigenvalue weighted by atomic mass is 10.1. The van der Waals surface area contributed by atoms with Crippen LogP contribution in [0.15, 0.2) is 24.3 Å². The summed E-state index contributed by atoms with van der Waals surface area (Å²) < 4.78 is 66.5. The van der Waals surface area contributed by atoms with Gasteiger partial charge in [-0.3, -0.25) is 10.1 Å². The van der Waals surface area contributed by atoms with E-state index in [0.29, 0.717) is 0 Å². The predicted octanol–water partition coefficient (Wildman–Crippen LogP) is 2.72. The molecule has 0 unspecified atom stereocenters. The summed E-state index contributed by atoms with van der Waals surface area (Å²) >= 11 is 0. The SMILES string of the molecule is CCOC(=O)NC(=O)COC(=O)/C=C/c1ccc(OC(F)F)cc1OC(F)F. The average molecular weight is 409 g/mol. The zero-order valence-electron chi connectivity index (χ0n) is 14.3. The Morgan fingerprint density at radius 2 is 1.75 bits per heavy atom. The van der Waals surface area contributed by atoms with Gasteiger partial charge in [-0.2, -0.15) is 17.6 Å². The summed E-state index contributed by atoms with van der Waals surface area (Å²) in [5.74, 6) is -2.95. The van der Waals surface area contributed by atoms with Crippen LogP contribution in [-0.2, 0) is 19.1 Å². The molecule has 0 aliphatic heterocycles. The Bertz CT molecular complexity index is 725. The Hall–Kier alpha value is -3.31. The van der Waals surface area contributed by atoms with Gasteiger partial charge in [-0.25, -0.2) is 9.59 Å². The van der Waals surface area contributed by atoms with Crippen molar-refractivity contribution in [2.45, 2.75) is 20.1 Å². The van der Waals surface area contributed by atoms with Gasteiger partial charge in [0.25, 0.3) is 5.91 Å².